The SMILES string of the molecule is CCOC(=O)[C@@H]1CC2(CC[C@@H]1NOS(=O)(=O)c1ccc(C)cc1)OCCO2. The molecule has 1 N–H and O–H groups in total. The first-order valence-corrected chi connectivity index (χ1v) is 10.5. The zero-order valence-corrected chi connectivity index (χ0v) is 16.3. The molecule has 1 heterocycles. The van der Waals surface area contributed by atoms with Gasteiger partial charge in [-0.1, -0.05) is 17.7 Å². The van der Waals surface area contributed by atoms with Gasteiger partial charge in [-0.3, -0.25) is 4.79 Å². The first-order chi connectivity index (χ1) is 12.9. The second kappa shape index (κ2) is 8.24. The minimum Gasteiger partial charge on any atom is -0.466 e. The molecule has 1 aliphatic heterocycles. The molecule has 2 atom stereocenters. The number of hydrogen-bond donors (Lipinski definition) is 1. The van der Waals surface area contributed by atoms with E-state index in [4.69, 9.17) is 18.5 Å². The third-order valence-electron chi connectivity index (χ3n) is 4.87. The van der Waals surface area contributed by atoms with Gasteiger partial charge >= 0.3 is 16.1 Å². The van der Waals surface area contributed by atoms with Gasteiger partial charge in [0.1, 0.15) is 0 Å². The van der Waals surface area contributed by atoms with Crippen molar-refractivity contribution in [2.45, 2.75) is 49.8 Å². The van der Waals surface area contributed by atoms with Gasteiger partial charge in [0.2, 0.25) is 0 Å². The van der Waals surface area contributed by atoms with Crippen molar-refractivity contribution in [2.24, 2.45) is 5.92 Å². The summed E-state index contributed by atoms with van der Waals surface area (Å²) in [5, 5.41) is 0. The van der Waals surface area contributed by atoms with Crippen molar-refractivity contribution in [1.82, 2.24) is 5.48 Å². The molecule has 1 saturated carbocycles. The van der Waals surface area contributed by atoms with Crippen LogP contribution in [-0.2, 0) is 33.4 Å². The Morgan fingerprint density at radius 2 is 1.93 bits per heavy atom. The summed E-state index contributed by atoms with van der Waals surface area (Å²) in [6.45, 7) is 4.78. The van der Waals surface area contributed by atoms with Crippen LogP contribution in [0, 0.1) is 12.8 Å². The lowest BCUT2D eigenvalue weighted by atomic mass is 9.81. The molecule has 0 bridgehead atoms. The quantitative estimate of drug-likeness (QED) is 0.570. The van der Waals surface area contributed by atoms with E-state index in [9.17, 15) is 13.2 Å². The summed E-state index contributed by atoms with van der Waals surface area (Å²) in [7, 11) is -3.99. The molecule has 1 aromatic carbocycles. The number of hydroxylamine groups is 1. The molecule has 1 aliphatic carbocycles. The van der Waals surface area contributed by atoms with E-state index in [1.807, 2.05) is 6.92 Å². The lowest BCUT2D eigenvalue weighted by Gasteiger charge is -2.39. The van der Waals surface area contributed by atoms with Crippen LogP contribution in [0.1, 0.15) is 31.7 Å². The predicted molar refractivity (Wildman–Crippen MR) is 95.0 cm³/mol. The fourth-order valence-corrected chi connectivity index (χ4v) is 4.25. The summed E-state index contributed by atoms with van der Waals surface area (Å²) in [4.78, 5) is 12.4. The van der Waals surface area contributed by atoms with Crippen LogP contribution in [0.5, 0.6) is 0 Å². The topological polar surface area (TPSA) is 100 Å². The molecule has 2 aliphatic rings. The second-order valence-corrected chi connectivity index (χ2v) is 8.33. The standard InChI is InChI=1S/C18H25NO7S/c1-3-23-17(20)15-12-18(24-10-11-25-18)9-8-16(15)19-26-27(21,22)14-6-4-13(2)5-7-14/h4-7,15-16,19H,3,8-12H2,1-2H3/t15-,16+/m1/s1. The van der Waals surface area contributed by atoms with Gasteiger partial charge in [-0.15, -0.1) is 0 Å². The van der Waals surface area contributed by atoms with Crippen LogP contribution < -0.4 is 5.48 Å². The van der Waals surface area contributed by atoms with Gasteiger partial charge in [-0.05, 0) is 32.4 Å². The molecule has 0 amide bonds. The summed E-state index contributed by atoms with van der Waals surface area (Å²) < 4.78 is 46.4. The number of carbonyl (C=O) groups excluding carboxylic acids is 1. The number of carbonyl (C=O) groups is 1. The molecule has 2 fully saturated rings. The van der Waals surface area contributed by atoms with Crippen LogP contribution in [0.25, 0.3) is 0 Å². The molecule has 3 rings (SSSR count). The number of esters is 1. The van der Waals surface area contributed by atoms with E-state index in [1.54, 1.807) is 19.1 Å². The molecule has 150 valence electrons. The Morgan fingerprint density at radius 1 is 1.26 bits per heavy atom. The Bertz CT molecular complexity index is 756. The van der Waals surface area contributed by atoms with Gasteiger partial charge in [-0.25, -0.2) is 0 Å². The Balaban J connectivity index is 1.70. The first kappa shape index (κ1) is 20.2. The lowest BCUT2D eigenvalue weighted by molar-refractivity contribution is -0.201. The molecule has 1 aromatic rings. The summed E-state index contributed by atoms with van der Waals surface area (Å²) in [5.74, 6) is -1.86. The molecule has 1 spiro atoms. The molecule has 1 saturated heterocycles. The summed E-state index contributed by atoms with van der Waals surface area (Å²) >= 11 is 0. The van der Waals surface area contributed by atoms with E-state index in [2.05, 4.69) is 5.48 Å². The summed E-state index contributed by atoms with van der Waals surface area (Å²) in [6.07, 6.45) is 1.28. The van der Waals surface area contributed by atoms with E-state index < -0.39 is 33.8 Å². The van der Waals surface area contributed by atoms with E-state index >= 15 is 0 Å². The van der Waals surface area contributed by atoms with E-state index in [0.717, 1.165) is 5.56 Å². The minimum absolute atomic E-state index is 0.0445. The van der Waals surface area contributed by atoms with Gasteiger partial charge in [0.25, 0.3) is 0 Å². The number of rotatable bonds is 6. The van der Waals surface area contributed by atoms with Gasteiger partial charge < -0.3 is 14.2 Å². The maximum Gasteiger partial charge on any atom is 0.312 e. The highest BCUT2D eigenvalue weighted by atomic mass is 32.2. The van der Waals surface area contributed by atoms with E-state index in [1.165, 1.54) is 12.1 Å². The fraction of sp³-hybridized carbons (Fsp3) is 0.611. The molecule has 0 unspecified atom stereocenters. The maximum absolute atomic E-state index is 12.4. The van der Waals surface area contributed by atoms with Crippen molar-refractivity contribution in [2.75, 3.05) is 19.8 Å². The van der Waals surface area contributed by atoms with Gasteiger partial charge in [0.15, 0.2) is 5.79 Å². The Morgan fingerprint density at radius 3 is 2.56 bits per heavy atom. The Labute approximate surface area is 159 Å². The smallest absolute Gasteiger partial charge is 0.312 e. The van der Waals surface area contributed by atoms with Crippen molar-refractivity contribution in [3.05, 3.63) is 29.8 Å². The molecule has 0 radical (unpaired) electrons. The van der Waals surface area contributed by atoms with Crippen molar-refractivity contribution >= 4 is 16.1 Å². The van der Waals surface area contributed by atoms with E-state index in [-0.39, 0.29) is 17.9 Å². The highest BCUT2D eigenvalue weighted by molar-refractivity contribution is 7.86. The van der Waals surface area contributed by atoms with Gasteiger partial charge in [0, 0.05) is 18.9 Å². The Kier molecular flexibility index (Phi) is 6.17. The number of aryl methyl sites for hydroxylation is 1. The van der Waals surface area contributed by atoms with Crippen molar-refractivity contribution in [3.8, 4) is 0 Å². The van der Waals surface area contributed by atoms with Crippen LogP contribution >= 0.6 is 0 Å². The maximum atomic E-state index is 12.4. The van der Waals surface area contributed by atoms with E-state index in [0.29, 0.717) is 26.1 Å². The van der Waals surface area contributed by atoms with Crippen LogP contribution in [-0.4, -0.2) is 46.0 Å². The molecular formula is C18H25NO7S. The molecule has 27 heavy (non-hydrogen) atoms. The monoisotopic (exact) mass is 399 g/mol. The molecular weight excluding hydrogens is 374 g/mol. The van der Waals surface area contributed by atoms with Crippen LogP contribution in [0.4, 0.5) is 0 Å². The normalized spacial score (nSPS) is 24.8. The highest BCUT2D eigenvalue weighted by Gasteiger charge is 2.48. The number of benzene rings is 1. The van der Waals surface area contributed by atoms with Crippen LogP contribution in [0.15, 0.2) is 29.2 Å². The highest BCUT2D eigenvalue weighted by Crippen LogP contribution is 2.39. The largest absolute Gasteiger partial charge is 0.466 e. The zero-order chi connectivity index (χ0) is 19.5. The first-order valence-electron chi connectivity index (χ1n) is 9.05. The fourth-order valence-electron chi connectivity index (χ4n) is 3.43. The molecule has 8 nitrogen and oxygen atoms in total. The second-order valence-electron chi connectivity index (χ2n) is 6.78. The predicted octanol–water partition coefficient (Wildman–Crippen LogP) is 1.68. The number of ether oxygens (including phenoxy) is 3. The molecule has 9 heteroatoms. The molecule has 0 aromatic heterocycles. The number of nitrogens with one attached hydrogen (secondary N) is 1. The minimum atomic E-state index is -3.99. The van der Waals surface area contributed by atoms with Crippen molar-refractivity contribution in [1.29, 1.82) is 0 Å². The van der Waals surface area contributed by atoms with Crippen molar-refractivity contribution in [3.63, 3.8) is 0 Å². The average Bonchev–Trinajstić information content (AvgIpc) is 3.09. The third-order valence-corrected chi connectivity index (χ3v) is 6.04. The zero-order valence-electron chi connectivity index (χ0n) is 15.5. The summed E-state index contributed by atoms with van der Waals surface area (Å²) in [6, 6.07) is 5.81. The Hall–Kier alpha value is -1.52. The van der Waals surface area contributed by atoms with Crippen LogP contribution in [0.3, 0.4) is 0 Å². The summed E-state index contributed by atoms with van der Waals surface area (Å²) in [5.41, 5.74) is 3.51. The number of hydrogen-bond acceptors (Lipinski definition) is 8. The third kappa shape index (κ3) is 4.67. The van der Waals surface area contributed by atoms with Gasteiger partial charge in [0.05, 0.1) is 30.6 Å². The van der Waals surface area contributed by atoms with Crippen molar-refractivity contribution < 1.29 is 31.7 Å². The average molecular weight is 399 g/mol. The van der Waals surface area contributed by atoms with Crippen LogP contribution in [0.2, 0.25) is 0 Å². The lowest BCUT2D eigenvalue weighted by Crippen LogP contribution is -2.51. The van der Waals surface area contributed by atoms with Gasteiger partial charge in [-0.2, -0.15) is 18.2 Å².